The highest BCUT2D eigenvalue weighted by atomic mass is 35.5. The first-order valence-corrected chi connectivity index (χ1v) is 11.2. The summed E-state index contributed by atoms with van der Waals surface area (Å²) in [5.41, 5.74) is 1.12. The predicted molar refractivity (Wildman–Crippen MR) is 126 cm³/mol. The Kier molecular flexibility index (Phi) is 6.49. The molecule has 1 aliphatic heterocycles. The zero-order valence-corrected chi connectivity index (χ0v) is 18.7. The Morgan fingerprint density at radius 3 is 2.39 bits per heavy atom. The molecule has 31 heavy (non-hydrogen) atoms. The molecule has 5 heteroatoms. The summed E-state index contributed by atoms with van der Waals surface area (Å²) in [6, 6.07) is 19.5. The van der Waals surface area contributed by atoms with Crippen LogP contribution in [0.1, 0.15) is 32.3 Å². The molecular formula is C26H28ClNO3. The van der Waals surface area contributed by atoms with Crippen LogP contribution in [-0.4, -0.2) is 25.7 Å². The number of rotatable bonds is 6. The Morgan fingerprint density at radius 2 is 1.71 bits per heavy atom. The van der Waals surface area contributed by atoms with Gasteiger partial charge in [-0.1, -0.05) is 61.8 Å². The number of carbonyl (C=O) groups excluding carboxylic acids is 1. The van der Waals surface area contributed by atoms with Crippen LogP contribution in [0.25, 0.3) is 10.8 Å². The first-order chi connectivity index (χ1) is 15.0. The van der Waals surface area contributed by atoms with Gasteiger partial charge in [-0.2, -0.15) is 0 Å². The quantitative estimate of drug-likeness (QED) is 0.498. The summed E-state index contributed by atoms with van der Waals surface area (Å²) in [7, 11) is 0. The number of hydrogen-bond acceptors (Lipinski definition) is 3. The molecule has 4 nitrogen and oxygen atoms in total. The third-order valence-electron chi connectivity index (χ3n) is 5.88. The topological polar surface area (TPSA) is 47.6 Å². The van der Waals surface area contributed by atoms with Crippen LogP contribution in [-0.2, 0) is 14.9 Å². The van der Waals surface area contributed by atoms with E-state index in [0.717, 1.165) is 27.8 Å². The molecule has 0 atom stereocenters. The number of nitrogens with one attached hydrogen (secondary N) is 1. The van der Waals surface area contributed by atoms with Crippen LogP contribution < -0.4 is 10.1 Å². The first kappa shape index (κ1) is 21.7. The normalized spacial score (nSPS) is 15.7. The minimum atomic E-state index is -0.642. The van der Waals surface area contributed by atoms with Crippen molar-refractivity contribution >= 4 is 34.0 Å². The highest BCUT2D eigenvalue weighted by molar-refractivity contribution is 6.30. The summed E-state index contributed by atoms with van der Waals surface area (Å²) in [5.74, 6) is 1.26. The number of ether oxygens (including phenoxy) is 2. The van der Waals surface area contributed by atoms with Crippen LogP contribution in [0, 0.1) is 5.92 Å². The molecule has 1 fully saturated rings. The van der Waals surface area contributed by atoms with E-state index in [1.54, 1.807) is 0 Å². The molecule has 1 aliphatic rings. The van der Waals surface area contributed by atoms with Crippen molar-refractivity contribution in [1.29, 1.82) is 0 Å². The second-order valence-electron chi connectivity index (χ2n) is 8.52. The summed E-state index contributed by atoms with van der Waals surface area (Å²) in [5, 5.41) is 5.84. The van der Waals surface area contributed by atoms with E-state index in [-0.39, 0.29) is 5.91 Å². The van der Waals surface area contributed by atoms with Crippen LogP contribution in [0.15, 0.2) is 60.7 Å². The van der Waals surface area contributed by atoms with Crippen molar-refractivity contribution in [3.63, 3.8) is 0 Å². The molecule has 0 aliphatic carbocycles. The highest BCUT2D eigenvalue weighted by Crippen LogP contribution is 2.38. The summed E-state index contributed by atoms with van der Waals surface area (Å²) in [4.78, 5) is 13.7. The van der Waals surface area contributed by atoms with E-state index in [9.17, 15) is 4.79 Å². The second-order valence-corrected chi connectivity index (χ2v) is 8.95. The van der Waals surface area contributed by atoms with Gasteiger partial charge in [-0.25, -0.2) is 0 Å². The van der Waals surface area contributed by atoms with Gasteiger partial charge < -0.3 is 14.8 Å². The van der Waals surface area contributed by atoms with Gasteiger partial charge in [0.25, 0.3) is 0 Å². The fraction of sp³-hybridized carbons (Fsp3) is 0.346. The van der Waals surface area contributed by atoms with Crippen molar-refractivity contribution in [2.45, 2.75) is 32.1 Å². The van der Waals surface area contributed by atoms with Crippen molar-refractivity contribution in [3.8, 4) is 5.75 Å². The standard InChI is InChI=1S/C26H28ClNO3/c1-18(2)17-31-24-12-11-23(21-5-3-4-6-22(21)24)28-25(29)26(13-15-30-16-14-26)19-7-9-20(27)10-8-19/h3-12,18H,13-17H2,1-2H3,(H,28,29). The van der Waals surface area contributed by atoms with Gasteiger partial charge in [0.1, 0.15) is 5.75 Å². The van der Waals surface area contributed by atoms with Gasteiger partial charge in [-0.3, -0.25) is 4.79 Å². The number of amides is 1. The first-order valence-electron chi connectivity index (χ1n) is 10.8. The molecule has 0 unspecified atom stereocenters. The lowest BCUT2D eigenvalue weighted by molar-refractivity contribution is -0.125. The summed E-state index contributed by atoms with van der Waals surface area (Å²) < 4.78 is 11.6. The van der Waals surface area contributed by atoms with Gasteiger partial charge in [-0.15, -0.1) is 0 Å². The maximum absolute atomic E-state index is 13.7. The Bertz CT molecular complexity index is 1060. The monoisotopic (exact) mass is 437 g/mol. The number of benzene rings is 3. The summed E-state index contributed by atoms with van der Waals surface area (Å²) in [6.45, 7) is 6.01. The number of halogens is 1. The summed E-state index contributed by atoms with van der Waals surface area (Å²) >= 11 is 6.09. The van der Waals surface area contributed by atoms with Gasteiger partial charge in [0.15, 0.2) is 0 Å². The van der Waals surface area contributed by atoms with Crippen molar-refractivity contribution < 1.29 is 14.3 Å². The van der Waals surface area contributed by atoms with E-state index in [1.165, 1.54) is 0 Å². The van der Waals surface area contributed by atoms with Crippen molar-refractivity contribution in [2.24, 2.45) is 5.92 Å². The van der Waals surface area contributed by atoms with Gasteiger partial charge in [0.05, 0.1) is 12.0 Å². The molecule has 0 bridgehead atoms. The third-order valence-corrected chi connectivity index (χ3v) is 6.13. The fourth-order valence-corrected chi connectivity index (χ4v) is 4.27. The molecule has 0 aromatic heterocycles. The van der Waals surface area contributed by atoms with Gasteiger partial charge in [0.2, 0.25) is 5.91 Å². The van der Waals surface area contributed by atoms with E-state index < -0.39 is 5.41 Å². The van der Waals surface area contributed by atoms with Crippen LogP contribution >= 0.6 is 11.6 Å². The number of fused-ring (bicyclic) bond motifs is 1. The number of hydrogen-bond donors (Lipinski definition) is 1. The lowest BCUT2D eigenvalue weighted by atomic mass is 9.73. The Hall–Kier alpha value is -2.56. The van der Waals surface area contributed by atoms with Crippen LogP contribution in [0.3, 0.4) is 0 Å². The Labute approximate surface area is 188 Å². The van der Waals surface area contributed by atoms with E-state index in [0.29, 0.717) is 43.6 Å². The second kappa shape index (κ2) is 9.29. The lowest BCUT2D eigenvalue weighted by Crippen LogP contribution is -2.44. The maximum Gasteiger partial charge on any atom is 0.235 e. The van der Waals surface area contributed by atoms with Crippen molar-refractivity contribution in [3.05, 3.63) is 71.2 Å². The van der Waals surface area contributed by atoms with Gasteiger partial charge >= 0.3 is 0 Å². The number of anilines is 1. The molecule has 3 aromatic carbocycles. The van der Waals surface area contributed by atoms with Gasteiger partial charge in [-0.05, 0) is 48.6 Å². The Balaban J connectivity index is 1.68. The summed E-state index contributed by atoms with van der Waals surface area (Å²) in [6.07, 6.45) is 1.27. The molecule has 1 N–H and O–H groups in total. The molecule has 4 rings (SSSR count). The predicted octanol–water partition coefficient (Wildman–Crippen LogP) is 6.21. The molecule has 1 heterocycles. The average Bonchev–Trinajstić information content (AvgIpc) is 2.79. The molecule has 162 valence electrons. The third kappa shape index (κ3) is 4.56. The maximum atomic E-state index is 13.7. The largest absolute Gasteiger partial charge is 0.493 e. The molecule has 0 radical (unpaired) electrons. The van der Waals surface area contributed by atoms with Crippen molar-refractivity contribution in [1.82, 2.24) is 0 Å². The van der Waals surface area contributed by atoms with Crippen LogP contribution in [0.4, 0.5) is 5.69 Å². The molecule has 0 saturated carbocycles. The lowest BCUT2D eigenvalue weighted by Gasteiger charge is -2.36. The average molecular weight is 438 g/mol. The minimum absolute atomic E-state index is 0.0147. The van der Waals surface area contributed by atoms with E-state index in [2.05, 4.69) is 19.2 Å². The molecule has 0 spiro atoms. The SMILES string of the molecule is CC(C)COc1ccc(NC(=O)C2(c3ccc(Cl)cc3)CCOCC2)c2ccccc12. The molecule has 1 saturated heterocycles. The zero-order valence-electron chi connectivity index (χ0n) is 18.0. The van der Waals surface area contributed by atoms with Crippen LogP contribution in [0.2, 0.25) is 5.02 Å². The van der Waals surface area contributed by atoms with E-state index in [4.69, 9.17) is 21.1 Å². The molecular weight excluding hydrogens is 410 g/mol. The van der Waals surface area contributed by atoms with E-state index >= 15 is 0 Å². The minimum Gasteiger partial charge on any atom is -0.493 e. The molecule has 3 aromatic rings. The zero-order chi connectivity index (χ0) is 21.8. The van der Waals surface area contributed by atoms with Crippen LogP contribution in [0.5, 0.6) is 5.75 Å². The molecule has 1 amide bonds. The fourth-order valence-electron chi connectivity index (χ4n) is 4.14. The van der Waals surface area contributed by atoms with Crippen molar-refractivity contribution in [2.75, 3.05) is 25.1 Å². The van der Waals surface area contributed by atoms with Gasteiger partial charge in [0, 0.05) is 34.7 Å². The number of carbonyl (C=O) groups is 1. The smallest absolute Gasteiger partial charge is 0.235 e. The Morgan fingerprint density at radius 1 is 1.03 bits per heavy atom. The highest BCUT2D eigenvalue weighted by Gasteiger charge is 2.41. The van der Waals surface area contributed by atoms with E-state index in [1.807, 2.05) is 60.7 Å².